The van der Waals surface area contributed by atoms with Crippen molar-refractivity contribution in [1.82, 2.24) is 0 Å². The highest BCUT2D eigenvalue weighted by Gasteiger charge is 2.22. The van der Waals surface area contributed by atoms with Crippen LogP contribution in [0.5, 0.6) is 0 Å². The molecular formula is C11H12ClNS2. The van der Waals surface area contributed by atoms with Crippen molar-refractivity contribution in [2.75, 3.05) is 10.8 Å². The first kappa shape index (κ1) is 11.2. The van der Waals surface area contributed by atoms with Gasteiger partial charge in [0.25, 0.3) is 0 Å². The van der Waals surface area contributed by atoms with Crippen molar-refractivity contribution in [3.8, 4) is 0 Å². The number of hydrogen-bond donors (Lipinski definition) is 0. The monoisotopic (exact) mass is 257 g/mol. The van der Waals surface area contributed by atoms with Gasteiger partial charge in [0.15, 0.2) is 0 Å². The Hall–Kier alpha value is -0.250. The summed E-state index contributed by atoms with van der Waals surface area (Å²) in [4.78, 5) is 2.32. The van der Waals surface area contributed by atoms with Crippen LogP contribution in [-0.2, 0) is 0 Å². The van der Waals surface area contributed by atoms with Crippen LogP contribution in [0.15, 0.2) is 18.2 Å². The first-order valence-corrected chi connectivity index (χ1v) is 6.60. The molecule has 1 aromatic carbocycles. The van der Waals surface area contributed by atoms with Crippen molar-refractivity contribution >= 4 is 45.5 Å². The molecule has 0 aromatic heterocycles. The van der Waals surface area contributed by atoms with Gasteiger partial charge in [-0.1, -0.05) is 35.6 Å². The molecule has 2 rings (SSSR count). The van der Waals surface area contributed by atoms with E-state index in [1.807, 2.05) is 18.2 Å². The molecule has 1 nitrogen and oxygen atoms in total. The zero-order valence-electron chi connectivity index (χ0n) is 8.66. The van der Waals surface area contributed by atoms with E-state index < -0.39 is 0 Å². The van der Waals surface area contributed by atoms with Crippen LogP contribution in [0.25, 0.3) is 0 Å². The Balaban J connectivity index is 2.51. The number of hydrogen-bond acceptors (Lipinski definition) is 3. The summed E-state index contributed by atoms with van der Waals surface area (Å²) < 4.78 is 0.971. The molecule has 0 spiro atoms. The molecular weight excluding hydrogens is 246 g/mol. The van der Waals surface area contributed by atoms with E-state index in [1.54, 1.807) is 11.8 Å². The second kappa shape index (κ2) is 4.32. The molecule has 1 heterocycles. The van der Waals surface area contributed by atoms with Crippen LogP contribution in [-0.4, -0.2) is 16.1 Å². The lowest BCUT2D eigenvalue weighted by Gasteiger charge is -2.34. The maximum absolute atomic E-state index is 6.02. The molecule has 0 saturated carbocycles. The number of thiocarbonyl (C=S) groups is 1. The molecule has 1 aromatic rings. The molecule has 0 N–H and O–H groups in total. The summed E-state index contributed by atoms with van der Waals surface area (Å²) >= 11 is 13.1. The molecule has 0 atom stereocenters. The minimum absolute atomic E-state index is 0.470. The fourth-order valence-electron chi connectivity index (χ4n) is 1.62. The van der Waals surface area contributed by atoms with Gasteiger partial charge in [0.1, 0.15) is 0 Å². The van der Waals surface area contributed by atoms with Gasteiger partial charge in [-0.25, -0.2) is 0 Å². The van der Waals surface area contributed by atoms with Gasteiger partial charge in [0.05, 0.1) is 10.1 Å². The average molecular weight is 258 g/mol. The smallest absolute Gasteiger partial charge is 0.0816 e. The number of thioether (sulfide) groups is 1. The summed E-state index contributed by atoms with van der Waals surface area (Å²) in [5.74, 6) is 0.920. The van der Waals surface area contributed by atoms with Crippen LogP contribution in [0.1, 0.15) is 19.4 Å². The van der Waals surface area contributed by atoms with Gasteiger partial charge >= 0.3 is 0 Å². The molecule has 1 aliphatic heterocycles. The predicted molar refractivity (Wildman–Crippen MR) is 73.2 cm³/mol. The second-order valence-electron chi connectivity index (χ2n) is 3.79. The fourth-order valence-corrected chi connectivity index (χ4v) is 3.14. The van der Waals surface area contributed by atoms with Crippen molar-refractivity contribution in [3.63, 3.8) is 0 Å². The van der Waals surface area contributed by atoms with E-state index in [2.05, 4.69) is 18.7 Å². The standard InChI is InChI=1S/C11H12ClNS2/c1-7(2)13-6-15-11(14)9-4-3-8(12)5-10(9)13/h3-5,7H,6H2,1-2H3. The lowest BCUT2D eigenvalue weighted by Crippen LogP contribution is -2.34. The Kier molecular flexibility index (Phi) is 3.24. The van der Waals surface area contributed by atoms with Gasteiger partial charge in [-0.05, 0) is 32.0 Å². The summed E-state index contributed by atoms with van der Waals surface area (Å²) in [6.07, 6.45) is 0. The third-order valence-electron chi connectivity index (χ3n) is 2.45. The maximum Gasteiger partial charge on any atom is 0.0816 e. The van der Waals surface area contributed by atoms with Gasteiger partial charge in [-0.15, -0.1) is 0 Å². The lowest BCUT2D eigenvalue weighted by atomic mass is 10.1. The number of nitrogens with zero attached hydrogens (tertiary/aromatic N) is 1. The zero-order chi connectivity index (χ0) is 11.0. The SMILES string of the molecule is CC(C)N1CSC(=S)c2ccc(Cl)cc21. The number of halogens is 1. The van der Waals surface area contributed by atoms with Gasteiger partial charge in [-0.2, -0.15) is 0 Å². The van der Waals surface area contributed by atoms with Crippen LogP contribution in [0.4, 0.5) is 5.69 Å². The van der Waals surface area contributed by atoms with Gasteiger partial charge in [0, 0.05) is 22.3 Å². The number of rotatable bonds is 1. The first-order chi connectivity index (χ1) is 7.09. The third-order valence-corrected chi connectivity index (χ3v) is 4.15. The van der Waals surface area contributed by atoms with Crippen molar-refractivity contribution in [2.24, 2.45) is 0 Å². The molecule has 1 aliphatic rings. The number of fused-ring (bicyclic) bond motifs is 1. The Bertz CT molecular complexity index is 404. The third kappa shape index (κ3) is 2.14. The number of benzene rings is 1. The van der Waals surface area contributed by atoms with E-state index in [9.17, 15) is 0 Å². The van der Waals surface area contributed by atoms with E-state index in [0.29, 0.717) is 6.04 Å². The van der Waals surface area contributed by atoms with Crippen LogP contribution in [0, 0.1) is 0 Å². The molecule has 0 fully saturated rings. The molecule has 80 valence electrons. The summed E-state index contributed by atoms with van der Waals surface area (Å²) in [6, 6.07) is 6.39. The predicted octanol–water partition coefficient (Wildman–Crippen LogP) is 3.93. The summed E-state index contributed by atoms with van der Waals surface area (Å²) in [5.41, 5.74) is 2.31. The quantitative estimate of drug-likeness (QED) is 0.702. The molecule has 0 saturated heterocycles. The van der Waals surface area contributed by atoms with E-state index in [-0.39, 0.29) is 0 Å². The molecule has 15 heavy (non-hydrogen) atoms. The van der Waals surface area contributed by atoms with Crippen molar-refractivity contribution in [2.45, 2.75) is 19.9 Å². The van der Waals surface area contributed by atoms with Crippen molar-refractivity contribution in [1.29, 1.82) is 0 Å². The highest BCUT2D eigenvalue weighted by Crippen LogP contribution is 2.35. The Morgan fingerprint density at radius 1 is 1.47 bits per heavy atom. The fraction of sp³-hybridized carbons (Fsp3) is 0.364. The van der Waals surface area contributed by atoms with Gasteiger partial charge < -0.3 is 4.90 Å². The van der Waals surface area contributed by atoms with E-state index >= 15 is 0 Å². The van der Waals surface area contributed by atoms with Crippen LogP contribution < -0.4 is 4.90 Å². The maximum atomic E-state index is 6.02. The minimum Gasteiger partial charge on any atom is -0.359 e. The lowest BCUT2D eigenvalue weighted by molar-refractivity contribution is 0.742. The highest BCUT2D eigenvalue weighted by molar-refractivity contribution is 8.23. The molecule has 4 heteroatoms. The highest BCUT2D eigenvalue weighted by atomic mass is 35.5. The zero-order valence-corrected chi connectivity index (χ0v) is 11.0. The molecule has 0 amide bonds. The van der Waals surface area contributed by atoms with Gasteiger partial charge in [-0.3, -0.25) is 0 Å². The first-order valence-electron chi connectivity index (χ1n) is 4.83. The molecule has 0 unspecified atom stereocenters. The molecule has 0 bridgehead atoms. The largest absolute Gasteiger partial charge is 0.359 e. The Morgan fingerprint density at radius 2 is 2.20 bits per heavy atom. The summed E-state index contributed by atoms with van der Waals surface area (Å²) in [6.45, 7) is 4.36. The van der Waals surface area contributed by atoms with Crippen molar-refractivity contribution < 1.29 is 0 Å². The van der Waals surface area contributed by atoms with E-state index in [4.69, 9.17) is 23.8 Å². The van der Waals surface area contributed by atoms with E-state index in [0.717, 1.165) is 20.7 Å². The summed E-state index contributed by atoms with van der Waals surface area (Å²) in [5, 5.41) is 0.772. The second-order valence-corrected chi connectivity index (χ2v) is 5.84. The normalized spacial score (nSPS) is 15.7. The van der Waals surface area contributed by atoms with Gasteiger partial charge in [0.2, 0.25) is 0 Å². The average Bonchev–Trinajstić information content (AvgIpc) is 2.17. The number of anilines is 1. The van der Waals surface area contributed by atoms with Crippen molar-refractivity contribution in [3.05, 3.63) is 28.8 Å². The summed E-state index contributed by atoms with van der Waals surface area (Å²) in [7, 11) is 0. The minimum atomic E-state index is 0.470. The Morgan fingerprint density at radius 3 is 2.87 bits per heavy atom. The van der Waals surface area contributed by atoms with E-state index in [1.165, 1.54) is 5.69 Å². The van der Waals surface area contributed by atoms with Crippen LogP contribution in [0.2, 0.25) is 5.02 Å². The molecule has 0 aliphatic carbocycles. The molecule has 0 radical (unpaired) electrons. The Labute approximate surface area is 105 Å². The van der Waals surface area contributed by atoms with Crippen LogP contribution >= 0.6 is 35.6 Å². The topological polar surface area (TPSA) is 3.24 Å². The van der Waals surface area contributed by atoms with Crippen LogP contribution in [0.3, 0.4) is 0 Å².